The fourth-order valence-corrected chi connectivity index (χ4v) is 5.40. The summed E-state index contributed by atoms with van der Waals surface area (Å²) in [5.74, 6) is 0.147. The van der Waals surface area contributed by atoms with E-state index in [9.17, 15) is 35.4 Å². The van der Waals surface area contributed by atoms with Crippen LogP contribution >= 0.6 is 0 Å². The summed E-state index contributed by atoms with van der Waals surface area (Å²) in [4.78, 5) is 14.2. The molecule has 0 amide bonds. The van der Waals surface area contributed by atoms with Gasteiger partial charge < -0.3 is 77.7 Å². The summed E-state index contributed by atoms with van der Waals surface area (Å²) in [6.45, 7) is -0.848. The number of benzene rings is 2. The minimum absolute atomic E-state index is 0.0259. The highest BCUT2D eigenvalue weighted by Crippen LogP contribution is 2.51. The number of ether oxygens (including phenoxy) is 9. The molecule has 2 aliphatic rings. The van der Waals surface area contributed by atoms with Gasteiger partial charge in [0.25, 0.3) is 0 Å². The Bertz CT molecular complexity index is 1610. The number of hydrogen-bond donors (Lipinski definition) is 6. The Kier molecular flexibility index (Phi) is 9.97. The van der Waals surface area contributed by atoms with Crippen LogP contribution in [0.1, 0.15) is 0 Å². The van der Waals surface area contributed by atoms with Crippen molar-refractivity contribution in [2.45, 2.75) is 55.3 Å². The lowest BCUT2D eigenvalue weighted by Crippen LogP contribution is -2.61. The van der Waals surface area contributed by atoms with Crippen LogP contribution in [-0.2, 0) is 14.2 Å². The third-order valence-corrected chi connectivity index (χ3v) is 7.83. The second-order valence-corrected chi connectivity index (χ2v) is 10.5. The maximum Gasteiger partial charge on any atom is 0.229 e. The molecule has 0 aliphatic carbocycles. The van der Waals surface area contributed by atoms with Crippen LogP contribution in [0.25, 0.3) is 21.9 Å². The van der Waals surface area contributed by atoms with E-state index in [-0.39, 0.29) is 63.0 Å². The summed E-state index contributed by atoms with van der Waals surface area (Å²) in [7, 11) is 6.75. The van der Waals surface area contributed by atoms with Crippen LogP contribution < -0.4 is 33.8 Å². The average molecular weight is 657 g/mol. The van der Waals surface area contributed by atoms with Gasteiger partial charge in [0.1, 0.15) is 70.6 Å². The van der Waals surface area contributed by atoms with Crippen LogP contribution in [0.3, 0.4) is 0 Å². The number of hydrogen-bond acceptors (Lipinski definition) is 17. The first-order valence-electron chi connectivity index (χ1n) is 14.0. The molecule has 2 aromatic carbocycles. The monoisotopic (exact) mass is 656 g/mol. The zero-order valence-electron chi connectivity index (χ0n) is 25.4. The summed E-state index contributed by atoms with van der Waals surface area (Å²) in [6, 6.07) is 2.74. The highest BCUT2D eigenvalue weighted by atomic mass is 16.7. The lowest BCUT2D eigenvalue weighted by atomic mass is 9.99. The van der Waals surface area contributed by atoms with E-state index in [0.29, 0.717) is 0 Å². The molecular formula is C29H36O17. The van der Waals surface area contributed by atoms with Gasteiger partial charge >= 0.3 is 0 Å². The highest BCUT2D eigenvalue weighted by molar-refractivity contribution is 6.02. The van der Waals surface area contributed by atoms with Crippen molar-refractivity contribution in [1.82, 2.24) is 0 Å². The van der Waals surface area contributed by atoms with Gasteiger partial charge in [-0.15, -0.1) is 0 Å². The van der Waals surface area contributed by atoms with Crippen molar-refractivity contribution in [3.63, 3.8) is 0 Å². The Balaban J connectivity index is 1.55. The van der Waals surface area contributed by atoms with Crippen LogP contribution in [0.15, 0.2) is 21.3 Å². The standard InChI is InChI=1S/C29H36O17/c1-37-10-6-12-15(19(33)16-23(38-2)25(39-3)27(41-5)26(40-4)24(16)44-12)13(7-10)45-29-22(36)20(34)18(32)14(46-29)9-43-28-21(35)17(31)11(30)8-42-28/h6-7,11,14,17-18,20-22,28-32,34-36H,8-9H2,1-5H3. The third-order valence-electron chi connectivity index (χ3n) is 7.83. The van der Waals surface area contributed by atoms with E-state index in [1.807, 2.05) is 0 Å². The molecule has 9 unspecified atom stereocenters. The lowest BCUT2D eigenvalue weighted by Gasteiger charge is -2.41. The maximum atomic E-state index is 14.2. The van der Waals surface area contributed by atoms with Crippen molar-refractivity contribution in [1.29, 1.82) is 0 Å². The first kappa shape index (κ1) is 33.7. The predicted molar refractivity (Wildman–Crippen MR) is 154 cm³/mol. The van der Waals surface area contributed by atoms with E-state index >= 15 is 0 Å². The van der Waals surface area contributed by atoms with Crippen molar-refractivity contribution >= 4 is 21.9 Å². The Morgan fingerprint density at radius 1 is 0.717 bits per heavy atom. The Hall–Kier alpha value is -3.65. The molecule has 3 heterocycles. The van der Waals surface area contributed by atoms with Crippen molar-refractivity contribution in [3.05, 3.63) is 22.4 Å². The van der Waals surface area contributed by atoms with E-state index in [0.717, 1.165) is 0 Å². The second kappa shape index (κ2) is 13.6. The fourth-order valence-electron chi connectivity index (χ4n) is 5.40. The van der Waals surface area contributed by atoms with Gasteiger partial charge in [-0.2, -0.15) is 0 Å². The largest absolute Gasteiger partial charge is 0.496 e. The molecule has 1 aromatic heterocycles. The van der Waals surface area contributed by atoms with Crippen LogP contribution in [-0.4, -0.2) is 135 Å². The normalized spacial score (nSPS) is 29.8. The predicted octanol–water partition coefficient (Wildman–Crippen LogP) is -1.37. The fraction of sp³-hybridized carbons (Fsp3) is 0.552. The molecule has 46 heavy (non-hydrogen) atoms. The van der Waals surface area contributed by atoms with Crippen LogP contribution in [0.2, 0.25) is 0 Å². The topological polar surface area (TPSA) is 235 Å². The molecule has 0 radical (unpaired) electrons. The summed E-state index contributed by atoms with van der Waals surface area (Å²) in [5, 5.41) is 61.6. The maximum absolute atomic E-state index is 14.2. The molecule has 0 bridgehead atoms. The van der Waals surface area contributed by atoms with Gasteiger partial charge in [0.15, 0.2) is 17.6 Å². The zero-order valence-corrected chi connectivity index (χ0v) is 25.4. The molecule has 0 saturated carbocycles. The van der Waals surface area contributed by atoms with Gasteiger partial charge in [0.05, 0.1) is 48.8 Å². The third kappa shape index (κ3) is 5.74. The number of fused-ring (bicyclic) bond motifs is 2. The number of aliphatic hydroxyl groups is 6. The van der Waals surface area contributed by atoms with Gasteiger partial charge in [-0.05, 0) is 0 Å². The van der Waals surface area contributed by atoms with Gasteiger partial charge in [0, 0.05) is 12.1 Å². The van der Waals surface area contributed by atoms with E-state index in [4.69, 9.17) is 47.0 Å². The molecule has 0 spiro atoms. The van der Waals surface area contributed by atoms with Crippen LogP contribution in [0.5, 0.6) is 34.5 Å². The van der Waals surface area contributed by atoms with Crippen molar-refractivity contribution in [2.75, 3.05) is 48.8 Å². The van der Waals surface area contributed by atoms with Crippen LogP contribution in [0.4, 0.5) is 0 Å². The molecule has 9 atom stereocenters. The number of methoxy groups -OCH3 is 5. The molecule has 5 rings (SSSR count). The van der Waals surface area contributed by atoms with Gasteiger partial charge in [0.2, 0.25) is 29.0 Å². The first-order valence-corrected chi connectivity index (χ1v) is 14.0. The molecule has 254 valence electrons. The van der Waals surface area contributed by atoms with Gasteiger partial charge in [-0.25, -0.2) is 0 Å². The molecule has 2 fully saturated rings. The van der Waals surface area contributed by atoms with E-state index < -0.39 is 67.3 Å². The molecule has 3 aromatic rings. The van der Waals surface area contributed by atoms with Gasteiger partial charge in [-0.1, -0.05) is 0 Å². The van der Waals surface area contributed by atoms with Crippen molar-refractivity contribution in [2.24, 2.45) is 0 Å². The van der Waals surface area contributed by atoms with E-state index in [1.165, 1.54) is 47.7 Å². The minimum atomic E-state index is -1.83. The highest BCUT2D eigenvalue weighted by Gasteiger charge is 2.47. The van der Waals surface area contributed by atoms with E-state index in [2.05, 4.69) is 0 Å². The summed E-state index contributed by atoms with van der Waals surface area (Å²) in [5.41, 5.74) is -0.738. The number of rotatable bonds is 10. The Morgan fingerprint density at radius 2 is 1.35 bits per heavy atom. The lowest BCUT2D eigenvalue weighted by molar-refractivity contribution is -0.307. The molecule has 17 heteroatoms. The first-order chi connectivity index (χ1) is 22.0. The molecule has 17 nitrogen and oxygen atoms in total. The van der Waals surface area contributed by atoms with E-state index in [1.54, 1.807) is 0 Å². The summed E-state index contributed by atoms with van der Waals surface area (Å²) in [6.07, 6.45) is -14.3. The minimum Gasteiger partial charge on any atom is -0.496 e. The molecule has 2 saturated heterocycles. The molecular weight excluding hydrogens is 620 g/mol. The Morgan fingerprint density at radius 3 is 1.98 bits per heavy atom. The quantitative estimate of drug-likeness (QED) is 0.138. The van der Waals surface area contributed by atoms with Gasteiger partial charge in [-0.3, -0.25) is 4.79 Å². The smallest absolute Gasteiger partial charge is 0.229 e. The Labute approximate surface area is 260 Å². The van der Waals surface area contributed by atoms with Crippen molar-refractivity contribution in [3.8, 4) is 34.5 Å². The SMILES string of the molecule is COc1cc(OC2OC(COC3OCC(O)C(O)C3O)C(O)C(O)C2O)c2c(=O)c3c(OC)c(OC)c(OC)c(OC)c3oc2c1. The summed E-state index contributed by atoms with van der Waals surface area (Å²) < 4.78 is 55.8. The second-order valence-electron chi connectivity index (χ2n) is 10.5. The molecule has 6 N–H and O–H groups in total. The van der Waals surface area contributed by atoms with Crippen LogP contribution in [0, 0.1) is 0 Å². The van der Waals surface area contributed by atoms with Crippen molar-refractivity contribution < 1.29 is 77.7 Å². The summed E-state index contributed by atoms with van der Waals surface area (Å²) >= 11 is 0. The zero-order chi connectivity index (χ0) is 33.4. The average Bonchev–Trinajstić information content (AvgIpc) is 3.06. The molecule has 2 aliphatic heterocycles. The number of aliphatic hydroxyl groups excluding tert-OH is 6.